The van der Waals surface area contributed by atoms with Gasteiger partial charge in [0.05, 0.1) is 17.1 Å². The summed E-state index contributed by atoms with van der Waals surface area (Å²) >= 11 is 0. The summed E-state index contributed by atoms with van der Waals surface area (Å²) in [5, 5.41) is 0. The molecule has 2 rings (SSSR count). The van der Waals surface area contributed by atoms with E-state index in [0.717, 1.165) is 12.8 Å². The van der Waals surface area contributed by atoms with E-state index in [1.165, 1.54) is 28.6 Å². The van der Waals surface area contributed by atoms with Crippen molar-refractivity contribution in [3.63, 3.8) is 0 Å². The van der Waals surface area contributed by atoms with Crippen LogP contribution in [-0.2, 0) is 14.8 Å². The molecule has 1 saturated carbocycles. The Balaban J connectivity index is 2.20. The van der Waals surface area contributed by atoms with Crippen LogP contribution in [0.4, 0.5) is 0 Å². The van der Waals surface area contributed by atoms with E-state index in [9.17, 15) is 13.2 Å². The second-order valence-corrected chi connectivity index (χ2v) is 7.40. The lowest BCUT2D eigenvalue weighted by molar-refractivity contribution is 0.0526. The maximum atomic E-state index is 12.6. The molecule has 0 aliphatic heterocycles. The van der Waals surface area contributed by atoms with Crippen LogP contribution >= 0.6 is 0 Å². The number of nitrogens with zero attached hydrogens (tertiary/aromatic N) is 1. The zero-order valence-corrected chi connectivity index (χ0v) is 13.7. The van der Waals surface area contributed by atoms with Gasteiger partial charge in [0.2, 0.25) is 10.0 Å². The second-order valence-electron chi connectivity index (χ2n) is 5.41. The van der Waals surface area contributed by atoms with E-state index in [1.807, 2.05) is 0 Å². The van der Waals surface area contributed by atoms with E-state index in [0.29, 0.717) is 18.0 Å². The SMILES string of the molecule is CCOC(=O)c1ccc(S(=O)(=O)N(C)C(CN)C2CC2)cc1. The molecule has 1 aromatic carbocycles. The Hall–Kier alpha value is -1.44. The lowest BCUT2D eigenvalue weighted by Gasteiger charge is -2.26. The van der Waals surface area contributed by atoms with Gasteiger partial charge in [0.15, 0.2) is 0 Å². The van der Waals surface area contributed by atoms with E-state index in [-0.39, 0.29) is 17.5 Å². The molecule has 122 valence electrons. The first kappa shape index (κ1) is 16.9. The number of hydrogen-bond acceptors (Lipinski definition) is 5. The molecule has 0 saturated heterocycles. The van der Waals surface area contributed by atoms with Gasteiger partial charge in [0.25, 0.3) is 0 Å². The van der Waals surface area contributed by atoms with Crippen molar-refractivity contribution in [1.29, 1.82) is 0 Å². The lowest BCUT2D eigenvalue weighted by Crippen LogP contribution is -2.43. The summed E-state index contributed by atoms with van der Waals surface area (Å²) in [6.45, 7) is 2.30. The fraction of sp³-hybridized carbons (Fsp3) is 0.533. The average molecular weight is 326 g/mol. The third-order valence-electron chi connectivity index (χ3n) is 3.92. The number of likely N-dealkylation sites (N-methyl/N-ethyl adjacent to an activating group) is 1. The van der Waals surface area contributed by atoms with Gasteiger partial charge in [-0.2, -0.15) is 4.31 Å². The first-order valence-electron chi connectivity index (χ1n) is 7.37. The quantitative estimate of drug-likeness (QED) is 0.761. The number of sulfonamides is 1. The lowest BCUT2D eigenvalue weighted by atomic mass is 10.2. The Kier molecular flexibility index (Phi) is 5.20. The van der Waals surface area contributed by atoms with Crippen LogP contribution in [0.25, 0.3) is 0 Å². The van der Waals surface area contributed by atoms with Crippen LogP contribution in [0.2, 0.25) is 0 Å². The highest BCUT2D eigenvalue weighted by molar-refractivity contribution is 7.89. The summed E-state index contributed by atoms with van der Waals surface area (Å²) in [7, 11) is -2.05. The Bertz CT molecular complexity index is 623. The number of carbonyl (C=O) groups is 1. The van der Waals surface area contributed by atoms with Crippen molar-refractivity contribution in [3.8, 4) is 0 Å². The number of nitrogens with two attached hydrogens (primary N) is 1. The molecule has 1 aliphatic carbocycles. The van der Waals surface area contributed by atoms with Crippen LogP contribution < -0.4 is 5.73 Å². The first-order chi connectivity index (χ1) is 10.4. The van der Waals surface area contributed by atoms with Crippen molar-refractivity contribution in [2.24, 2.45) is 11.7 Å². The monoisotopic (exact) mass is 326 g/mol. The minimum Gasteiger partial charge on any atom is -0.462 e. The predicted molar refractivity (Wildman–Crippen MR) is 82.9 cm³/mol. The Morgan fingerprint density at radius 1 is 1.36 bits per heavy atom. The molecule has 1 aliphatic rings. The van der Waals surface area contributed by atoms with Gasteiger partial charge >= 0.3 is 5.97 Å². The van der Waals surface area contributed by atoms with Crippen LogP contribution in [0, 0.1) is 5.92 Å². The Morgan fingerprint density at radius 3 is 2.41 bits per heavy atom. The van der Waals surface area contributed by atoms with Gasteiger partial charge in [-0.15, -0.1) is 0 Å². The van der Waals surface area contributed by atoms with E-state index >= 15 is 0 Å². The molecule has 1 fully saturated rings. The molecule has 0 spiro atoms. The third kappa shape index (κ3) is 3.48. The molecule has 0 amide bonds. The number of hydrogen-bond donors (Lipinski definition) is 1. The minimum atomic E-state index is -3.61. The van der Waals surface area contributed by atoms with Gasteiger partial charge in [0, 0.05) is 19.6 Å². The maximum Gasteiger partial charge on any atom is 0.338 e. The largest absolute Gasteiger partial charge is 0.462 e. The van der Waals surface area contributed by atoms with Gasteiger partial charge in [-0.25, -0.2) is 13.2 Å². The minimum absolute atomic E-state index is 0.155. The molecule has 1 unspecified atom stereocenters. The van der Waals surface area contributed by atoms with Gasteiger partial charge in [0.1, 0.15) is 0 Å². The number of rotatable bonds is 7. The summed E-state index contributed by atoms with van der Waals surface area (Å²) < 4.78 is 31.5. The number of carbonyl (C=O) groups excluding carboxylic acids is 1. The molecule has 6 nitrogen and oxygen atoms in total. The summed E-state index contributed by atoms with van der Waals surface area (Å²) in [4.78, 5) is 11.7. The molecular weight excluding hydrogens is 304 g/mol. The van der Waals surface area contributed by atoms with Crippen LogP contribution in [0.15, 0.2) is 29.2 Å². The van der Waals surface area contributed by atoms with Crippen molar-refractivity contribution in [3.05, 3.63) is 29.8 Å². The standard InChI is InChI=1S/C15H22N2O4S/c1-3-21-15(18)12-6-8-13(9-7-12)22(19,20)17(2)14(10-16)11-4-5-11/h6-9,11,14H,3-5,10,16H2,1-2H3. The molecule has 2 N–H and O–H groups in total. The smallest absolute Gasteiger partial charge is 0.338 e. The van der Waals surface area contributed by atoms with Crippen LogP contribution in [-0.4, -0.2) is 44.9 Å². The molecule has 0 bridgehead atoms. The zero-order chi connectivity index (χ0) is 16.3. The molecule has 7 heteroatoms. The van der Waals surface area contributed by atoms with Crippen molar-refractivity contribution < 1.29 is 17.9 Å². The van der Waals surface area contributed by atoms with Crippen molar-refractivity contribution in [2.75, 3.05) is 20.2 Å². The number of esters is 1. The highest BCUT2D eigenvalue weighted by Crippen LogP contribution is 2.36. The summed E-state index contributed by atoms with van der Waals surface area (Å²) in [6.07, 6.45) is 2.03. The van der Waals surface area contributed by atoms with E-state index in [1.54, 1.807) is 14.0 Å². The number of ether oxygens (including phenoxy) is 1. The highest BCUT2D eigenvalue weighted by Gasteiger charge is 2.38. The molecule has 1 aromatic rings. The number of benzene rings is 1. The second kappa shape index (κ2) is 6.76. The van der Waals surface area contributed by atoms with Crippen molar-refractivity contribution in [1.82, 2.24) is 4.31 Å². The van der Waals surface area contributed by atoms with Gasteiger partial charge in [-0.1, -0.05) is 0 Å². The van der Waals surface area contributed by atoms with Crippen molar-refractivity contribution >= 4 is 16.0 Å². The van der Waals surface area contributed by atoms with Gasteiger partial charge < -0.3 is 10.5 Å². The molecule has 0 aromatic heterocycles. The summed E-state index contributed by atoms with van der Waals surface area (Å²) in [6, 6.07) is 5.62. The molecule has 1 atom stereocenters. The fourth-order valence-corrected chi connectivity index (χ4v) is 3.87. The first-order valence-corrected chi connectivity index (χ1v) is 8.81. The van der Waals surface area contributed by atoms with Crippen LogP contribution in [0.1, 0.15) is 30.1 Å². The third-order valence-corrected chi connectivity index (χ3v) is 5.81. The maximum absolute atomic E-state index is 12.6. The molecule has 0 heterocycles. The molecule has 0 radical (unpaired) electrons. The Morgan fingerprint density at radius 2 is 1.95 bits per heavy atom. The van der Waals surface area contributed by atoms with E-state index < -0.39 is 16.0 Å². The van der Waals surface area contributed by atoms with Gasteiger partial charge in [-0.3, -0.25) is 0 Å². The molecule has 22 heavy (non-hydrogen) atoms. The van der Waals surface area contributed by atoms with E-state index in [4.69, 9.17) is 10.5 Å². The zero-order valence-electron chi connectivity index (χ0n) is 12.9. The fourth-order valence-electron chi connectivity index (χ4n) is 2.44. The topological polar surface area (TPSA) is 89.7 Å². The van der Waals surface area contributed by atoms with E-state index in [2.05, 4.69) is 0 Å². The van der Waals surface area contributed by atoms with Crippen LogP contribution in [0.3, 0.4) is 0 Å². The van der Waals surface area contributed by atoms with Gasteiger partial charge in [-0.05, 0) is 49.9 Å². The van der Waals surface area contributed by atoms with Crippen LogP contribution in [0.5, 0.6) is 0 Å². The summed E-state index contributed by atoms with van der Waals surface area (Å²) in [5.74, 6) is -0.110. The highest BCUT2D eigenvalue weighted by atomic mass is 32.2. The predicted octanol–water partition coefficient (Wildman–Crippen LogP) is 1.22. The van der Waals surface area contributed by atoms with Crippen molar-refractivity contribution in [2.45, 2.75) is 30.7 Å². The summed E-state index contributed by atoms with van der Waals surface area (Å²) in [5.41, 5.74) is 6.05. The average Bonchev–Trinajstić information content (AvgIpc) is 3.33. The Labute approximate surface area is 131 Å². The normalized spacial score (nSPS) is 16.5. The molecular formula is C15H22N2O4S.